The van der Waals surface area contributed by atoms with Crippen molar-refractivity contribution in [3.63, 3.8) is 0 Å². The van der Waals surface area contributed by atoms with Crippen molar-refractivity contribution >= 4 is 40.2 Å². The first kappa shape index (κ1) is 21.1. The quantitative estimate of drug-likeness (QED) is 0.367. The Morgan fingerprint density at radius 3 is 2.89 bits per heavy atom. The van der Waals surface area contributed by atoms with Crippen LogP contribution in [0.2, 0.25) is 5.15 Å². The number of aromatic hydroxyl groups is 1. The summed E-state index contributed by atoms with van der Waals surface area (Å²) in [6.45, 7) is 6.24. The lowest BCUT2D eigenvalue weighted by molar-refractivity contribution is 0.0523. The molecule has 2 heterocycles. The van der Waals surface area contributed by atoms with E-state index in [0.29, 0.717) is 0 Å². The molecule has 0 spiro atoms. The number of rotatable bonds is 4. The Morgan fingerprint density at radius 2 is 2.21 bits per heavy atom. The van der Waals surface area contributed by atoms with E-state index in [1.165, 1.54) is 6.07 Å². The molecule has 0 amide bonds. The molecule has 2 unspecified atom stereocenters. The second kappa shape index (κ2) is 8.02. The van der Waals surface area contributed by atoms with Gasteiger partial charge < -0.3 is 14.4 Å². The molecule has 2 aromatic heterocycles. The third-order valence-electron chi connectivity index (χ3n) is 5.38. The number of hydrogen-bond donors (Lipinski definition) is 1. The van der Waals surface area contributed by atoms with Gasteiger partial charge >= 0.3 is 5.97 Å². The standard InChI is InChI=1S/C20H22ClIN2O4/c1-4-28-19(27)13-10-24(8-6-14(13)25)16-11(5-7-20(16,2)3)12-9-15(26)17(21)23-18(12)22/h6,8-11,16,26H,4-5,7H2,1-3H3. The lowest BCUT2D eigenvalue weighted by Crippen LogP contribution is -2.28. The fraction of sp³-hybridized carbons (Fsp3) is 0.450. The fourth-order valence-corrected chi connectivity index (χ4v) is 5.16. The van der Waals surface area contributed by atoms with Gasteiger partial charge in [0.15, 0.2) is 16.3 Å². The largest absolute Gasteiger partial charge is 0.505 e. The highest BCUT2D eigenvalue weighted by Gasteiger charge is 2.44. The molecule has 3 rings (SSSR count). The van der Waals surface area contributed by atoms with Crippen LogP contribution < -0.4 is 5.43 Å². The van der Waals surface area contributed by atoms with Gasteiger partial charge in [0.25, 0.3) is 0 Å². The Bertz CT molecular complexity index is 973. The minimum Gasteiger partial charge on any atom is -0.505 e. The van der Waals surface area contributed by atoms with Gasteiger partial charge in [-0.3, -0.25) is 4.79 Å². The number of nitrogens with zero attached hydrogens (tertiary/aromatic N) is 2. The van der Waals surface area contributed by atoms with E-state index in [2.05, 4.69) is 41.4 Å². The number of hydrogen-bond acceptors (Lipinski definition) is 5. The van der Waals surface area contributed by atoms with Crippen LogP contribution in [-0.4, -0.2) is 27.2 Å². The first-order chi connectivity index (χ1) is 13.2. The molecule has 28 heavy (non-hydrogen) atoms. The summed E-state index contributed by atoms with van der Waals surface area (Å²) in [5.41, 5.74) is 0.485. The molecule has 0 bridgehead atoms. The van der Waals surface area contributed by atoms with Crippen molar-refractivity contribution < 1.29 is 14.6 Å². The van der Waals surface area contributed by atoms with Gasteiger partial charge in [-0.05, 0) is 59.4 Å². The van der Waals surface area contributed by atoms with Crippen molar-refractivity contribution in [2.45, 2.75) is 45.6 Å². The van der Waals surface area contributed by atoms with Crippen molar-refractivity contribution in [2.75, 3.05) is 6.61 Å². The van der Waals surface area contributed by atoms with Gasteiger partial charge in [-0.2, -0.15) is 0 Å². The third kappa shape index (κ3) is 3.91. The molecule has 1 fully saturated rings. The molecule has 6 nitrogen and oxygen atoms in total. The average Bonchev–Trinajstić information content (AvgIpc) is 2.94. The molecule has 0 aromatic carbocycles. The average molecular weight is 517 g/mol. The highest BCUT2D eigenvalue weighted by molar-refractivity contribution is 14.1. The van der Waals surface area contributed by atoms with Crippen molar-refractivity contribution in [2.24, 2.45) is 5.41 Å². The van der Waals surface area contributed by atoms with Crippen molar-refractivity contribution in [3.05, 3.63) is 54.7 Å². The molecular formula is C20H22ClIN2O4. The normalized spacial score (nSPS) is 20.9. The monoisotopic (exact) mass is 516 g/mol. The van der Waals surface area contributed by atoms with Crippen LogP contribution in [0.25, 0.3) is 0 Å². The molecule has 1 aliphatic rings. The Labute approximate surface area is 182 Å². The number of carbonyl (C=O) groups is 1. The molecule has 0 aliphatic heterocycles. The highest BCUT2D eigenvalue weighted by Crippen LogP contribution is 2.55. The van der Waals surface area contributed by atoms with E-state index in [1.807, 2.05) is 4.57 Å². The van der Waals surface area contributed by atoms with Crippen LogP contribution >= 0.6 is 34.2 Å². The molecule has 1 saturated carbocycles. The predicted molar refractivity (Wildman–Crippen MR) is 115 cm³/mol. The van der Waals surface area contributed by atoms with Crippen LogP contribution in [-0.2, 0) is 4.74 Å². The summed E-state index contributed by atoms with van der Waals surface area (Å²) in [6.07, 6.45) is 5.13. The van der Waals surface area contributed by atoms with Gasteiger partial charge in [-0.1, -0.05) is 25.4 Å². The van der Waals surface area contributed by atoms with Crippen molar-refractivity contribution in [3.8, 4) is 5.75 Å². The molecule has 1 N–H and O–H groups in total. The maximum atomic E-state index is 12.2. The Kier molecular flexibility index (Phi) is 6.05. The minimum absolute atomic E-state index is 0.0255. The van der Waals surface area contributed by atoms with E-state index in [4.69, 9.17) is 16.3 Å². The molecule has 1 aliphatic carbocycles. The summed E-state index contributed by atoms with van der Waals surface area (Å²) in [5.74, 6) is -0.614. The van der Waals surface area contributed by atoms with Crippen LogP contribution in [0.1, 0.15) is 61.5 Å². The van der Waals surface area contributed by atoms with Crippen LogP contribution in [0.4, 0.5) is 0 Å². The van der Waals surface area contributed by atoms with Gasteiger partial charge in [0.05, 0.1) is 6.61 Å². The Hall–Kier alpha value is -1.61. The molecule has 150 valence electrons. The molecular weight excluding hydrogens is 495 g/mol. The summed E-state index contributed by atoms with van der Waals surface area (Å²) in [7, 11) is 0. The van der Waals surface area contributed by atoms with E-state index < -0.39 is 5.97 Å². The number of pyridine rings is 2. The number of ether oxygens (including phenoxy) is 1. The molecule has 8 heteroatoms. The number of carbonyl (C=O) groups excluding carboxylic acids is 1. The van der Waals surface area contributed by atoms with Crippen LogP contribution in [0.15, 0.2) is 29.3 Å². The Morgan fingerprint density at radius 1 is 1.50 bits per heavy atom. The fourth-order valence-electron chi connectivity index (χ4n) is 4.08. The maximum absolute atomic E-state index is 12.2. The van der Waals surface area contributed by atoms with E-state index >= 15 is 0 Å². The second-order valence-corrected chi connectivity index (χ2v) is 9.03. The number of halogens is 2. The summed E-state index contributed by atoms with van der Waals surface area (Å²) in [6, 6.07) is 3.04. The van der Waals surface area contributed by atoms with Gasteiger partial charge in [-0.15, -0.1) is 0 Å². The topological polar surface area (TPSA) is 81.4 Å². The third-order valence-corrected chi connectivity index (χ3v) is 6.52. The van der Waals surface area contributed by atoms with E-state index in [0.717, 1.165) is 22.1 Å². The smallest absolute Gasteiger partial charge is 0.343 e. The van der Waals surface area contributed by atoms with Crippen LogP contribution in [0.3, 0.4) is 0 Å². The summed E-state index contributed by atoms with van der Waals surface area (Å²) in [4.78, 5) is 28.6. The lowest BCUT2D eigenvalue weighted by Gasteiger charge is -2.34. The van der Waals surface area contributed by atoms with Gasteiger partial charge in [0.1, 0.15) is 9.26 Å². The first-order valence-corrected chi connectivity index (χ1v) is 10.5. The summed E-state index contributed by atoms with van der Waals surface area (Å²) in [5, 5.41) is 10.2. The van der Waals surface area contributed by atoms with Crippen LogP contribution in [0, 0.1) is 9.12 Å². The zero-order chi connectivity index (χ0) is 20.6. The van der Waals surface area contributed by atoms with Gasteiger partial charge in [0, 0.05) is 30.4 Å². The van der Waals surface area contributed by atoms with Crippen LogP contribution in [0.5, 0.6) is 5.75 Å². The Balaban J connectivity index is 2.10. The molecule has 2 aromatic rings. The maximum Gasteiger partial charge on any atom is 0.343 e. The van der Waals surface area contributed by atoms with Gasteiger partial charge in [-0.25, -0.2) is 9.78 Å². The van der Waals surface area contributed by atoms with Crippen molar-refractivity contribution in [1.29, 1.82) is 0 Å². The predicted octanol–water partition coefficient (Wildman–Crippen LogP) is 4.53. The molecule has 0 saturated heterocycles. The zero-order valence-corrected chi connectivity index (χ0v) is 18.8. The zero-order valence-electron chi connectivity index (χ0n) is 15.9. The number of aromatic nitrogens is 2. The minimum atomic E-state index is -0.616. The summed E-state index contributed by atoms with van der Waals surface area (Å²) >= 11 is 8.07. The SMILES string of the molecule is CCOC(=O)c1cn(C2C(c3cc(O)c(Cl)nc3I)CCC2(C)C)ccc1=O. The molecule has 2 atom stereocenters. The summed E-state index contributed by atoms with van der Waals surface area (Å²) < 4.78 is 7.69. The number of esters is 1. The van der Waals surface area contributed by atoms with Gasteiger partial charge in [0.2, 0.25) is 0 Å². The highest BCUT2D eigenvalue weighted by atomic mass is 127. The first-order valence-electron chi connectivity index (χ1n) is 9.09. The van der Waals surface area contributed by atoms with E-state index in [1.54, 1.807) is 25.4 Å². The van der Waals surface area contributed by atoms with E-state index in [-0.39, 0.29) is 45.9 Å². The molecule has 0 radical (unpaired) electrons. The van der Waals surface area contributed by atoms with E-state index in [9.17, 15) is 14.7 Å². The lowest BCUT2D eigenvalue weighted by atomic mass is 9.82. The second-order valence-electron chi connectivity index (χ2n) is 7.65. The van der Waals surface area contributed by atoms with Crippen molar-refractivity contribution in [1.82, 2.24) is 9.55 Å².